The molecule has 1 amide bonds. The summed E-state index contributed by atoms with van der Waals surface area (Å²) in [6.07, 6.45) is 6.00. The summed E-state index contributed by atoms with van der Waals surface area (Å²) in [5, 5.41) is 0. The van der Waals surface area contributed by atoms with Gasteiger partial charge in [0.1, 0.15) is 5.69 Å². The number of hydrogen-bond donors (Lipinski definition) is 1. The van der Waals surface area contributed by atoms with Crippen molar-refractivity contribution in [2.75, 3.05) is 7.11 Å². The van der Waals surface area contributed by atoms with E-state index in [0.29, 0.717) is 0 Å². The minimum absolute atomic E-state index is 0.0417. The molecule has 0 aliphatic heterocycles. The van der Waals surface area contributed by atoms with Gasteiger partial charge in [-0.25, -0.2) is 0 Å². The fraction of sp³-hybridized carbons (Fsp3) is 0.200. The zero-order chi connectivity index (χ0) is 18.5. The van der Waals surface area contributed by atoms with E-state index in [0.717, 1.165) is 34.5 Å². The van der Waals surface area contributed by atoms with E-state index < -0.39 is 5.91 Å². The quantitative estimate of drug-likeness (QED) is 0.737. The first-order valence-corrected chi connectivity index (χ1v) is 8.33. The fourth-order valence-electron chi connectivity index (χ4n) is 2.79. The van der Waals surface area contributed by atoms with Crippen molar-refractivity contribution in [1.29, 1.82) is 0 Å². The lowest BCUT2D eigenvalue weighted by molar-refractivity contribution is 0.0995. The molecule has 3 aromatic rings. The third-order valence-electron chi connectivity index (χ3n) is 4.18. The summed E-state index contributed by atoms with van der Waals surface area (Å²) in [4.78, 5) is 24.2. The number of rotatable bonds is 6. The van der Waals surface area contributed by atoms with Gasteiger partial charge in [-0.15, -0.1) is 0 Å². The van der Waals surface area contributed by atoms with E-state index in [-0.39, 0.29) is 11.8 Å². The number of pyridine rings is 3. The highest BCUT2D eigenvalue weighted by Gasteiger charge is 2.11. The summed E-state index contributed by atoms with van der Waals surface area (Å²) >= 11 is 0. The van der Waals surface area contributed by atoms with Crippen LogP contribution >= 0.6 is 0 Å². The summed E-state index contributed by atoms with van der Waals surface area (Å²) < 4.78 is 5.49. The van der Waals surface area contributed by atoms with Gasteiger partial charge in [0.05, 0.1) is 17.5 Å². The molecule has 1 atom stereocenters. The normalized spacial score (nSPS) is 11.9. The first-order valence-electron chi connectivity index (χ1n) is 8.33. The van der Waals surface area contributed by atoms with E-state index in [2.05, 4.69) is 21.9 Å². The number of nitrogens with two attached hydrogens (primary N) is 1. The molecule has 3 aromatic heterocycles. The standard InChI is InChI=1S/C20H20N4O2/c1-3-19(26-2)14-7-9-22-17(11-14)16-5-4-15(12-24-16)13-6-8-23-18(10-13)20(21)25/h4-12,19H,3H2,1-2H3,(H2,21,25). The molecule has 6 heteroatoms. The van der Waals surface area contributed by atoms with Crippen LogP contribution in [-0.4, -0.2) is 28.0 Å². The molecule has 6 nitrogen and oxygen atoms in total. The number of primary amides is 1. The Labute approximate surface area is 152 Å². The molecule has 0 aliphatic carbocycles. The Morgan fingerprint density at radius 2 is 1.85 bits per heavy atom. The van der Waals surface area contributed by atoms with Crippen molar-refractivity contribution in [2.45, 2.75) is 19.4 Å². The minimum Gasteiger partial charge on any atom is -0.377 e. The van der Waals surface area contributed by atoms with Gasteiger partial charge in [-0.1, -0.05) is 13.0 Å². The number of methoxy groups -OCH3 is 1. The Morgan fingerprint density at radius 3 is 2.50 bits per heavy atom. The van der Waals surface area contributed by atoms with Crippen LogP contribution in [0.15, 0.2) is 55.0 Å². The Morgan fingerprint density at radius 1 is 1.04 bits per heavy atom. The van der Waals surface area contributed by atoms with Gasteiger partial charge in [0, 0.05) is 31.3 Å². The first-order chi connectivity index (χ1) is 12.6. The summed E-state index contributed by atoms with van der Waals surface area (Å²) in [5.74, 6) is -0.555. The summed E-state index contributed by atoms with van der Waals surface area (Å²) in [6, 6.07) is 11.3. The number of aromatic nitrogens is 3. The van der Waals surface area contributed by atoms with Crippen molar-refractivity contribution in [3.05, 3.63) is 66.2 Å². The van der Waals surface area contributed by atoms with Gasteiger partial charge in [0.2, 0.25) is 0 Å². The van der Waals surface area contributed by atoms with Crippen LogP contribution in [0.4, 0.5) is 0 Å². The number of ether oxygens (including phenoxy) is 1. The molecule has 0 saturated carbocycles. The molecule has 26 heavy (non-hydrogen) atoms. The van der Waals surface area contributed by atoms with Crippen LogP contribution in [0, 0.1) is 0 Å². The predicted octanol–water partition coefficient (Wildman–Crippen LogP) is 3.40. The van der Waals surface area contributed by atoms with E-state index in [9.17, 15) is 4.79 Å². The zero-order valence-corrected chi connectivity index (χ0v) is 14.7. The van der Waals surface area contributed by atoms with Crippen LogP contribution in [0.5, 0.6) is 0 Å². The Bertz CT molecular complexity index is 906. The highest BCUT2D eigenvalue weighted by atomic mass is 16.5. The van der Waals surface area contributed by atoms with Gasteiger partial charge in [-0.3, -0.25) is 19.7 Å². The molecule has 0 saturated heterocycles. The lowest BCUT2D eigenvalue weighted by atomic mass is 10.0. The highest BCUT2D eigenvalue weighted by Crippen LogP contribution is 2.25. The molecule has 0 bridgehead atoms. The van der Waals surface area contributed by atoms with Gasteiger partial charge in [0.25, 0.3) is 5.91 Å². The highest BCUT2D eigenvalue weighted by molar-refractivity contribution is 5.92. The smallest absolute Gasteiger partial charge is 0.267 e. The molecule has 0 aliphatic rings. The zero-order valence-electron chi connectivity index (χ0n) is 14.7. The average Bonchev–Trinajstić information content (AvgIpc) is 2.69. The van der Waals surface area contributed by atoms with Crippen LogP contribution in [0.3, 0.4) is 0 Å². The molecule has 0 aromatic carbocycles. The lowest BCUT2D eigenvalue weighted by Crippen LogP contribution is -2.12. The van der Waals surface area contributed by atoms with E-state index >= 15 is 0 Å². The third kappa shape index (κ3) is 3.75. The molecule has 3 heterocycles. The molecule has 2 N–H and O–H groups in total. The minimum atomic E-state index is -0.555. The molecular weight excluding hydrogens is 328 g/mol. The second kappa shape index (κ2) is 7.84. The van der Waals surface area contributed by atoms with Crippen LogP contribution in [0.2, 0.25) is 0 Å². The maximum atomic E-state index is 11.3. The Hall–Kier alpha value is -3.12. The van der Waals surface area contributed by atoms with Crippen molar-refractivity contribution in [1.82, 2.24) is 15.0 Å². The molecule has 3 rings (SSSR count). The molecule has 132 valence electrons. The van der Waals surface area contributed by atoms with Crippen LogP contribution in [-0.2, 0) is 4.74 Å². The monoisotopic (exact) mass is 348 g/mol. The third-order valence-corrected chi connectivity index (χ3v) is 4.18. The SMILES string of the molecule is CCC(OC)c1ccnc(-c2ccc(-c3ccnc(C(N)=O)c3)cn2)c1. The first kappa shape index (κ1) is 17.7. The molecule has 1 unspecified atom stereocenters. The van der Waals surface area contributed by atoms with Crippen LogP contribution in [0.25, 0.3) is 22.5 Å². The molecule has 0 fully saturated rings. The topological polar surface area (TPSA) is 91.0 Å². The summed E-state index contributed by atoms with van der Waals surface area (Å²) in [6.45, 7) is 2.08. The lowest BCUT2D eigenvalue weighted by Gasteiger charge is -2.14. The molecule has 0 radical (unpaired) electrons. The molecule has 0 spiro atoms. The van der Waals surface area contributed by atoms with E-state index in [1.165, 1.54) is 0 Å². The second-order valence-corrected chi connectivity index (χ2v) is 5.83. The largest absolute Gasteiger partial charge is 0.377 e. The number of nitrogens with zero attached hydrogens (tertiary/aromatic N) is 3. The molecular formula is C20H20N4O2. The van der Waals surface area contributed by atoms with Gasteiger partial charge in [-0.2, -0.15) is 0 Å². The van der Waals surface area contributed by atoms with E-state index in [1.54, 1.807) is 31.8 Å². The van der Waals surface area contributed by atoms with E-state index in [4.69, 9.17) is 10.5 Å². The van der Waals surface area contributed by atoms with Crippen molar-refractivity contribution in [3.8, 4) is 22.5 Å². The van der Waals surface area contributed by atoms with Crippen molar-refractivity contribution >= 4 is 5.91 Å². The van der Waals surface area contributed by atoms with Crippen molar-refractivity contribution in [2.24, 2.45) is 5.73 Å². The summed E-state index contributed by atoms with van der Waals surface area (Å²) in [7, 11) is 1.70. The average molecular weight is 348 g/mol. The van der Waals surface area contributed by atoms with E-state index in [1.807, 2.05) is 30.3 Å². The van der Waals surface area contributed by atoms with Gasteiger partial charge >= 0.3 is 0 Å². The predicted molar refractivity (Wildman–Crippen MR) is 99.3 cm³/mol. The van der Waals surface area contributed by atoms with Gasteiger partial charge < -0.3 is 10.5 Å². The maximum absolute atomic E-state index is 11.3. The number of carbonyl (C=O) groups excluding carboxylic acids is 1. The van der Waals surface area contributed by atoms with Crippen molar-refractivity contribution < 1.29 is 9.53 Å². The van der Waals surface area contributed by atoms with Gasteiger partial charge in [-0.05, 0) is 47.9 Å². The van der Waals surface area contributed by atoms with Crippen LogP contribution < -0.4 is 5.73 Å². The number of hydrogen-bond acceptors (Lipinski definition) is 5. The number of amides is 1. The fourth-order valence-corrected chi connectivity index (χ4v) is 2.79. The maximum Gasteiger partial charge on any atom is 0.267 e. The second-order valence-electron chi connectivity index (χ2n) is 5.83. The van der Waals surface area contributed by atoms with Gasteiger partial charge in [0.15, 0.2) is 0 Å². The van der Waals surface area contributed by atoms with Crippen molar-refractivity contribution in [3.63, 3.8) is 0 Å². The Balaban J connectivity index is 1.90. The van der Waals surface area contributed by atoms with Crippen LogP contribution in [0.1, 0.15) is 35.5 Å². The summed E-state index contributed by atoms with van der Waals surface area (Å²) in [5.41, 5.74) is 9.85. The number of carbonyl (C=O) groups is 1. The Kier molecular flexibility index (Phi) is 5.34.